The zero-order valence-electron chi connectivity index (χ0n) is 12.4. The van der Waals surface area contributed by atoms with Gasteiger partial charge in [0.25, 0.3) is 11.8 Å². The molecule has 0 radical (unpaired) electrons. The Morgan fingerprint density at radius 1 is 1.08 bits per heavy atom. The van der Waals surface area contributed by atoms with E-state index in [0.717, 1.165) is 12.3 Å². The van der Waals surface area contributed by atoms with Crippen molar-refractivity contribution in [2.75, 3.05) is 6.61 Å². The summed E-state index contributed by atoms with van der Waals surface area (Å²) in [5.74, 6) is -1.57. The molecule has 25 heavy (non-hydrogen) atoms. The van der Waals surface area contributed by atoms with Gasteiger partial charge in [0.2, 0.25) is 5.88 Å². The van der Waals surface area contributed by atoms with E-state index in [0.29, 0.717) is 5.02 Å². The van der Waals surface area contributed by atoms with E-state index in [2.05, 4.69) is 20.6 Å². The minimum absolute atomic E-state index is 0.0192. The van der Waals surface area contributed by atoms with Crippen LogP contribution in [0.15, 0.2) is 42.6 Å². The van der Waals surface area contributed by atoms with Gasteiger partial charge in [0.1, 0.15) is 0 Å². The molecule has 0 saturated carbocycles. The molecule has 0 aliphatic rings. The molecule has 0 unspecified atom stereocenters. The van der Waals surface area contributed by atoms with Crippen molar-refractivity contribution in [2.45, 2.75) is 6.18 Å². The summed E-state index contributed by atoms with van der Waals surface area (Å²) < 4.78 is 40.5. The average molecular weight is 374 g/mol. The Kier molecular flexibility index (Phi) is 5.81. The van der Waals surface area contributed by atoms with Crippen molar-refractivity contribution >= 4 is 23.4 Å². The number of nitrogens with one attached hydrogen (secondary N) is 2. The molecule has 0 atom stereocenters. The lowest BCUT2D eigenvalue weighted by molar-refractivity contribution is -0.154. The lowest BCUT2D eigenvalue weighted by Crippen LogP contribution is -2.41. The third-order valence-corrected chi connectivity index (χ3v) is 2.99. The maximum Gasteiger partial charge on any atom is 0.422 e. The molecule has 0 saturated heterocycles. The van der Waals surface area contributed by atoms with Gasteiger partial charge in [-0.05, 0) is 24.3 Å². The fraction of sp³-hybridized carbons (Fsp3) is 0.133. The fourth-order valence-corrected chi connectivity index (χ4v) is 1.83. The minimum Gasteiger partial charge on any atom is -0.468 e. The topological polar surface area (TPSA) is 80.3 Å². The molecule has 0 fully saturated rings. The van der Waals surface area contributed by atoms with Gasteiger partial charge in [0.05, 0.1) is 5.56 Å². The Labute approximate surface area is 144 Å². The number of rotatable bonds is 4. The summed E-state index contributed by atoms with van der Waals surface area (Å²) >= 11 is 5.76. The lowest BCUT2D eigenvalue weighted by Gasteiger charge is -2.09. The number of carbonyl (C=O) groups is 2. The summed E-state index contributed by atoms with van der Waals surface area (Å²) in [6.45, 7) is -1.48. The van der Waals surface area contributed by atoms with Crippen LogP contribution >= 0.6 is 11.6 Å². The number of nitrogens with zero attached hydrogens (tertiary/aromatic N) is 1. The van der Waals surface area contributed by atoms with Crippen molar-refractivity contribution in [3.63, 3.8) is 0 Å². The van der Waals surface area contributed by atoms with Crippen molar-refractivity contribution < 1.29 is 27.5 Å². The van der Waals surface area contributed by atoms with Crippen molar-refractivity contribution in [2.24, 2.45) is 0 Å². The number of aromatic nitrogens is 1. The van der Waals surface area contributed by atoms with Crippen LogP contribution in [0.1, 0.15) is 20.7 Å². The Bertz CT molecular complexity index is 767. The van der Waals surface area contributed by atoms with Crippen LogP contribution in [0.2, 0.25) is 5.02 Å². The number of pyridine rings is 1. The Morgan fingerprint density at radius 2 is 1.76 bits per heavy atom. The number of ether oxygens (including phenoxy) is 1. The minimum atomic E-state index is -4.48. The van der Waals surface area contributed by atoms with Gasteiger partial charge in [-0.15, -0.1) is 0 Å². The van der Waals surface area contributed by atoms with Crippen LogP contribution in [0.5, 0.6) is 5.88 Å². The molecule has 132 valence electrons. The summed E-state index contributed by atoms with van der Waals surface area (Å²) in [5.41, 5.74) is 4.59. The third kappa shape index (κ3) is 5.96. The first-order valence-corrected chi connectivity index (χ1v) is 7.14. The zero-order valence-corrected chi connectivity index (χ0v) is 13.2. The predicted molar refractivity (Wildman–Crippen MR) is 82.2 cm³/mol. The molecule has 0 aliphatic heterocycles. The van der Waals surface area contributed by atoms with Crippen LogP contribution in [0, 0.1) is 0 Å². The highest BCUT2D eigenvalue weighted by atomic mass is 35.5. The van der Waals surface area contributed by atoms with Gasteiger partial charge >= 0.3 is 6.18 Å². The van der Waals surface area contributed by atoms with E-state index < -0.39 is 24.6 Å². The van der Waals surface area contributed by atoms with E-state index in [1.165, 1.54) is 18.2 Å². The van der Waals surface area contributed by atoms with E-state index in [1.54, 1.807) is 12.1 Å². The molecule has 0 bridgehead atoms. The summed E-state index contributed by atoms with van der Waals surface area (Å²) in [4.78, 5) is 27.3. The number of hydrogen-bond donors (Lipinski definition) is 2. The number of hydrazine groups is 1. The van der Waals surface area contributed by atoms with Crippen LogP contribution in [0.4, 0.5) is 13.2 Å². The van der Waals surface area contributed by atoms with Gasteiger partial charge in [-0.2, -0.15) is 13.2 Å². The molecule has 1 heterocycles. The van der Waals surface area contributed by atoms with E-state index in [9.17, 15) is 22.8 Å². The molecule has 2 amide bonds. The Morgan fingerprint density at radius 3 is 2.32 bits per heavy atom. The molecule has 0 aliphatic carbocycles. The monoisotopic (exact) mass is 373 g/mol. The number of amides is 2. The average Bonchev–Trinajstić information content (AvgIpc) is 2.57. The third-order valence-electron chi connectivity index (χ3n) is 2.76. The highest BCUT2D eigenvalue weighted by Crippen LogP contribution is 2.17. The normalized spacial score (nSPS) is 10.9. The summed E-state index contributed by atoms with van der Waals surface area (Å²) in [6.07, 6.45) is -3.46. The molecular weight excluding hydrogens is 363 g/mol. The van der Waals surface area contributed by atoms with E-state index in [1.807, 2.05) is 0 Å². The van der Waals surface area contributed by atoms with Gasteiger partial charge in [-0.25, -0.2) is 4.98 Å². The number of carbonyl (C=O) groups excluding carboxylic acids is 2. The second-order valence-corrected chi connectivity index (χ2v) is 5.14. The molecular formula is C15H11ClF3N3O3. The molecule has 10 heteroatoms. The second kappa shape index (κ2) is 7.84. The van der Waals surface area contributed by atoms with Crippen molar-refractivity contribution in [1.82, 2.24) is 15.8 Å². The summed E-state index contributed by atoms with van der Waals surface area (Å²) in [6, 6.07) is 8.39. The molecule has 2 N–H and O–H groups in total. The van der Waals surface area contributed by atoms with Crippen molar-refractivity contribution in [3.05, 3.63) is 58.7 Å². The fourth-order valence-electron chi connectivity index (χ4n) is 1.64. The lowest BCUT2D eigenvalue weighted by atomic mass is 10.2. The maximum atomic E-state index is 12.0. The molecule has 6 nitrogen and oxygen atoms in total. The van der Waals surface area contributed by atoms with Crippen LogP contribution in [-0.2, 0) is 0 Å². The predicted octanol–water partition coefficient (Wildman–Crippen LogP) is 2.75. The first-order chi connectivity index (χ1) is 11.7. The standard InChI is InChI=1S/C15H11ClF3N3O3/c16-11-3-1-2-9(6-11)13(23)21-22-14(24)10-4-5-12(20-7-10)25-8-15(17,18)19/h1-7H,8H2,(H,21,23)(H,22,24). The number of benzene rings is 1. The van der Waals surface area contributed by atoms with Crippen LogP contribution < -0.4 is 15.6 Å². The van der Waals surface area contributed by atoms with Crippen LogP contribution in [0.25, 0.3) is 0 Å². The summed E-state index contributed by atoms with van der Waals surface area (Å²) in [5, 5.41) is 0.359. The Balaban J connectivity index is 1.89. The Hall–Kier alpha value is -2.81. The van der Waals surface area contributed by atoms with Gasteiger partial charge in [0, 0.05) is 22.8 Å². The molecule has 2 rings (SSSR count). The molecule has 1 aromatic carbocycles. The maximum absolute atomic E-state index is 12.0. The number of halogens is 4. The van der Waals surface area contributed by atoms with Crippen LogP contribution in [0.3, 0.4) is 0 Å². The van der Waals surface area contributed by atoms with Gasteiger partial charge in [-0.3, -0.25) is 20.4 Å². The smallest absolute Gasteiger partial charge is 0.422 e. The van der Waals surface area contributed by atoms with Crippen molar-refractivity contribution in [3.8, 4) is 5.88 Å². The SMILES string of the molecule is O=C(NNC(=O)c1cccc(Cl)c1)c1ccc(OCC(F)(F)F)nc1. The molecule has 1 aromatic heterocycles. The molecule has 0 spiro atoms. The number of hydrogen-bond acceptors (Lipinski definition) is 4. The summed E-state index contributed by atoms with van der Waals surface area (Å²) in [7, 11) is 0. The highest BCUT2D eigenvalue weighted by Gasteiger charge is 2.28. The number of alkyl halides is 3. The van der Waals surface area contributed by atoms with Gasteiger partial charge in [-0.1, -0.05) is 17.7 Å². The molecule has 2 aromatic rings. The van der Waals surface area contributed by atoms with E-state index in [-0.39, 0.29) is 17.0 Å². The largest absolute Gasteiger partial charge is 0.468 e. The first kappa shape index (κ1) is 18.5. The van der Waals surface area contributed by atoms with Crippen LogP contribution in [-0.4, -0.2) is 29.6 Å². The zero-order chi connectivity index (χ0) is 18.4. The van der Waals surface area contributed by atoms with Gasteiger partial charge < -0.3 is 4.74 Å². The van der Waals surface area contributed by atoms with Gasteiger partial charge in [0.15, 0.2) is 6.61 Å². The van der Waals surface area contributed by atoms with Crippen molar-refractivity contribution in [1.29, 1.82) is 0 Å². The van der Waals surface area contributed by atoms with E-state index in [4.69, 9.17) is 11.6 Å². The first-order valence-electron chi connectivity index (χ1n) is 6.76. The highest BCUT2D eigenvalue weighted by molar-refractivity contribution is 6.30. The second-order valence-electron chi connectivity index (χ2n) is 4.71. The quantitative estimate of drug-likeness (QED) is 0.808. The van der Waals surface area contributed by atoms with E-state index >= 15 is 0 Å².